The van der Waals surface area contributed by atoms with Gasteiger partial charge in [0.1, 0.15) is 9.77 Å². The molecule has 2 rings (SSSR count). The second-order valence-electron chi connectivity index (χ2n) is 4.65. The zero-order chi connectivity index (χ0) is 14.8. The topological polar surface area (TPSA) is 72.5 Å². The fourth-order valence-corrected chi connectivity index (χ4v) is 6.15. The summed E-state index contributed by atoms with van der Waals surface area (Å²) in [7, 11) is -2.42. The molecule has 1 aromatic heterocycles. The number of sulfonamides is 1. The lowest BCUT2D eigenvalue weighted by Crippen LogP contribution is -2.30. The van der Waals surface area contributed by atoms with Crippen molar-refractivity contribution in [2.24, 2.45) is 5.92 Å². The first-order valence-electron chi connectivity index (χ1n) is 6.19. The lowest BCUT2D eigenvalue weighted by molar-refractivity contribution is 0.0602. The molecule has 8 heteroatoms. The molecule has 0 spiro atoms. The van der Waals surface area contributed by atoms with Gasteiger partial charge in [0.05, 0.1) is 7.11 Å². The van der Waals surface area contributed by atoms with Crippen LogP contribution in [0.3, 0.4) is 0 Å². The van der Waals surface area contributed by atoms with Crippen LogP contribution >= 0.6 is 23.1 Å². The van der Waals surface area contributed by atoms with Crippen LogP contribution in [0.15, 0.2) is 10.3 Å². The number of hydrogen-bond acceptors (Lipinski definition) is 6. The Labute approximate surface area is 127 Å². The van der Waals surface area contributed by atoms with Gasteiger partial charge in [0, 0.05) is 6.54 Å². The van der Waals surface area contributed by atoms with Crippen LogP contribution in [0.1, 0.15) is 21.7 Å². The highest BCUT2D eigenvalue weighted by Gasteiger charge is 2.28. The van der Waals surface area contributed by atoms with E-state index in [2.05, 4.69) is 9.46 Å². The summed E-state index contributed by atoms with van der Waals surface area (Å²) in [5, 5.41) is 1.66. The maximum absolute atomic E-state index is 12.4. The average molecular weight is 335 g/mol. The second-order valence-corrected chi connectivity index (χ2v) is 8.38. The molecule has 0 aromatic carbocycles. The zero-order valence-electron chi connectivity index (χ0n) is 11.3. The maximum Gasteiger partial charge on any atom is 0.349 e. The number of ether oxygens (including phenoxy) is 1. The molecule has 1 aromatic rings. The number of carbonyl (C=O) groups excluding carboxylic acids is 1. The van der Waals surface area contributed by atoms with E-state index in [1.54, 1.807) is 12.3 Å². The van der Waals surface area contributed by atoms with Gasteiger partial charge in [-0.25, -0.2) is 17.9 Å². The number of nitrogens with one attached hydrogen (secondary N) is 1. The molecule has 0 aliphatic carbocycles. The van der Waals surface area contributed by atoms with Crippen LogP contribution in [0.25, 0.3) is 0 Å². The molecule has 1 saturated heterocycles. The Morgan fingerprint density at radius 1 is 1.55 bits per heavy atom. The van der Waals surface area contributed by atoms with Crippen LogP contribution in [-0.4, -0.2) is 39.5 Å². The Hall–Kier alpha value is -0.570. The van der Waals surface area contributed by atoms with Crippen molar-refractivity contribution < 1.29 is 17.9 Å². The Bertz CT molecular complexity index is 588. The molecule has 112 valence electrons. The first-order chi connectivity index (χ1) is 9.45. The van der Waals surface area contributed by atoms with Crippen LogP contribution in [0.4, 0.5) is 0 Å². The number of rotatable bonds is 5. The van der Waals surface area contributed by atoms with Crippen molar-refractivity contribution >= 4 is 39.1 Å². The molecule has 1 N–H and O–H groups in total. The van der Waals surface area contributed by atoms with E-state index in [1.165, 1.54) is 7.11 Å². The number of aryl methyl sites for hydroxylation is 1. The smallest absolute Gasteiger partial charge is 0.349 e. The number of esters is 1. The van der Waals surface area contributed by atoms with Gasteiger partial charge in [-0.2, -0.15) is 11.8 Å². The third kappa shape index (κ3) is 3.36. The Kier molecular flexibility index (Phi) is 5.11. The molecule has 20 heavy (non-hydrogen) atoms. The molecule has 0 saturated carbocycles. The summed E-state index contributed by atoms with van der Waals surface area (Å²) in [6, 6.07) is 0. The van der Waals surface area contributed by atoms with Crippen molar-refractivity contribution in [3.8, 4) is 0 Å². The number of methoxy groups -OCH3 is 1. The van der Waals surface area contributed by atoms with E-state index in [0.717, 1.165) is 29.3 Å². The van der Waals surface area contributed by atoms with E-state index >= 15 is 0 Å². The van der Waals surface area contributed by atoms with Crippen LogP contribution in [-0.2, 0) is 14.8 Å². The molecule has 2 heterocycles. The number of hydrogen-bond donors (Lipinski definition) is 1. The van der Waals surface area contributed by atoms with Gasteiger partial charge in [-0.05, 0) is 41.7 Å². The highest BCUT2D eigenvalue weighted by molar-refractivity contribution is 7.99. The summed E-state index contributed by atoms with van der Waals surface area (Å²) in [6.07, 6.45) is 1.03. The van der Waals surface area contributed by atoms with Crippen LogP contribution in [0, 0.1) is 12.8 Å². The Balaban J connectivity index is 2.20. The molecule has 1 aliphatic rings. The summed E-state index contributed by atoms with van der Waals surface area (Å²) in [5.74, 6) is 1.82. The van der Waals surface area contributed by atoms with Crippen molar-refractivity contribution in [2.75, 3.05) is 25.2 Å². The molecule has 5 nitrogen and oxygen atoms in total. The van der Waals surface area contributed by atoms with Crippen molar-refractivity contribution in [2.45, 2.75) is 18.2 Å². The van der Waals surface area contributed by atoms with E-state index < -0.39 is 16.0 Å². The quantitative estimate of drug-likeness (QED) is 0.832. The first kappa shape index (κ1) is 15.8. The summed E-state index contributed by atoms with van der Waals surface area (Å²) >= 11 is 2.93. The van der Waals surface area contributed by atoms with Crippen molar-refractivity contribution in [3.63, 3.8) is 0 Å². The summed E-state index contributed by atoms with van der Waals surface area (Å²) < 4.78 is 32.0. The molecule has 1 atom stereocenters. The molecule has 0 amide bonds. The normalized spacial score (nSPS) is 19.2. The first-order valence-corrected chi connectivity index (χ1v) is 9.71. The standard InChI is InChI=1S/C12H17NO4S3/c1-8-6-19-10(12(14)17-2)11(8)20(15,16)13-5-9-3-4-18-7-9/h6,9,13H,3-5,7H2,1-2H3. The molecular weight excluding hydrogens is 318 g/mol. The number of carbonyl (C=O) groups is 1. The van der Waals surface area contributed by atoms with Gasteiger partial charge in [-0.1, -0.05) is 0 Å². The molecule has 1 fully saturated rings. The maximum atomic E-state index is 12.4. The predicted molar refractivity (Wildman–Crippen MR) is 81.0 cm³/mol. The lowest BCUT2D eigenvalue weighted by atomic mass is 10.1. The summed E-state index contributed by atoms with van der Waals surface area (Å²) in [5.41, 5.74) is 0.573. The van der Waals surface area contributed by atoms with Crippen molar-refractivity contribution in [1.29, 1.82) is 0 Å². The van der Waals surface area contributed by atoms with Gasteiger partial charge in [-0.3, -0.25) is 0 Å². The van der Waals surface area contributed by atoms with Crippen molar-refractivity contribution in [1.82, 2.24) is 4.72 Å². The molecule has 0 bridgehead atoms. The van der Waals surface area contributed by atoms with Crippen molar-refractivity contribution in [3.05, 3.63) is 15.8 Å². The van der Waals surface area contributed by atoms with Crippen LogP contribution in [0.2, 0.25) is 0 Å². The van der Waals surface area contributed by atoms with Crippen LogP contribution in [0.5, 0.6) is 0 Å². The minimum absolute atomic E-state index is 0.0556. The Morgan fingerprint density at radius 2 is 2.30 bits per heavy atom. The number of thiophene rings is 1. The average Bonchev–Trinajstić information content (AvgIpc) is 3.04. The van der Waals surface area contributed by atoms with E-state index in [4.69, 9.17) is 0 Å². The fourth-order valence-electron chi connectivity index (χ4n) is 2.04. The second kappa shape index (κ2) is 6.46. The molecular formula is C12H17NO4S3. The summed E-state index contributed by atoms with van der Waals surface area (Å²) in [4.78, 5) is 11.8. The monoisotopic (exact) mass is 335 g/mol. The third-order valence-electron chi connectivity index (χ3n) is 3.14. The van der Waals surface area contributed by atoms with Gasteiger partial charge in [-0.15, -0.1) is 11.3 Å². The largest absolute Gasteiger partial charge is 0.465 e. The van der Waals surface area contributed by atoms with E-state index in [1.807, 2.05) is 11.8 Å². The Morgan fingerprint density at radius 3 is 2.90 bits per heavy atom. The molecule has 1 aliphatic heterocycles. The minimum atomic E-state index is -3.67. The van der Waals surface area contributed by atoms with Gasteiger partial charge in [0.15, 0.2) is 0 Å². The van der Waals surface area contributed by atoms with Crippen LogP contribution < -0.4 is 4.72 Å². The molecule has 0 radical (unpaired) electrons. The highest BCUT2D eigenvalue weighted by atomic mass is 32.2. The highest BCUT2D eigenvalue weighted by Crippen LogP contribution is 2.28. The fraction of sp³-hybridized carbons (Fsp3) is 0.583. The number of thioether (sulfide) groups is 1. The van der Waals surface area contributed by atoms with E-state index in [0.29, 0.717) is 18.0 Å². The van der Waals surface area contributed by atoms with E-state index in [-0.39, 0.29) is 9.77 Å². The van der Waals surface area contributed by atoms with Gasteiger partial charge >= 0.3 is 5.97 Å². The third-order valence-corrected chi connectivity index (χ3v) is 7.19. The van der Waals surface area contributed by atoms with Gasteiger partial charge < -0.3 is 4.74 Å². The van der Waals surface area contributed by atoms with Gasteiger partial charge in [0.25, 0.3) is 0 Å². The lowest BCUT2D eigenvalue weighted by Gasteiger charge is -2.11. The molecule has 1 unspecified atom stereocenters. The predicted octanol–water partition coefficient (Wildman–Crippen LogP) is 1.87. The minimum Gasteiger partial charge on any atom is -0.465 e. The zero-order valence-corrected chi connectivity index (χ0v) is 13.8. The van der Waals surface area contributed by atoms with E-state index in [9.17, 15) is 13.2 Å². The SMILES string of the molecule is COC(=O)c1scc(C)c1S(=O)(=O)NCC1CCSC1. The van der Waals surface area contributed by atoms with Gasteiger partial charge in [0.2, 0.25) is 10.0 Å². The summed E-state index contributed by atoms with van der Waals surface area (Å²) in [6.45, 7) is 2.11.